The fourth-order valence-corrected chi connectivity index (χ4v) is 5.30. The molecule has 6 heterocycles. The van der Waals surface area contributed by atoms with Crippen LogP contribution in [0.2, 0.25) is 0 Å². The van der Waals surface area contributed by atoms with Crippen molar-refractivity contribution in [2.24, 2.45) is 0 Å². The van der Waals surface area contributed by atoms with Crippen molar-refractivity contribution in [3.63, 3.8) is 0 Å². The van der Waals surface area contributed by atoms with Crippen LogP contribution in [0.4, 0.5) is 13.2 Å². The first kappa shape index (κ1) is 24.4. The van der Waals surface area contributed by atoms with Crippen LogP contribution in [0.3, 0.4) is 0 Å². The van der Waals surface area contributed by atoms with Crippen molar-refractivity contribution >= 4 is 21.9 Å². The minimum Gasteiger partial charge on any atom is -0.336 e. The average molecular weight is 541 g/mol. The number of aromatic amines is 2. The summed E-state index contributed by atoms with van der Waals surface area (Å²) in [6.07, 6.45) is 6.63. The molecule has 40 heavy (non-hydrogen) atoms. The molecule has 0 aliphatic carbocycles. The summed E-state index contributed by atoms with van der Waals surface area (Å²) >= 11 is 0. The fourth-order valence-electron chi connectivity index (χ4n) is 5.30. The second kappa shape index (κ2) is 9.23. The van der Waals surface area contributed by atoms with Crippen molar-refractivity contribution in [3.8, 4) is 34.0 Å². The molecule has 0 saturated carbocycles. The highest BCUT2D eigenvalue weighted by atomic mass is 19.3. The quantitative estimate of drug-likeness (QED) is 0.282. The molecular weight excluding hydrogens is 517 g/mol. The van der Waals surface area contributed by atoms with E-state index in [0.29, 0.717) is 47.1 Å². The summed E-state index contributed by atoms with van der Waals surface area (Å²) in [4.78, 5) is 23.3. The van der Waals surface area contributed by atoms with Crippen molar-refractivity contribution in [3.05, 3.63) is 78.1 Å². The van der Waals surface area contributed by atoms with Crippen LogP contribution in [0.5, 0.6) is 0 Å². The molecule has 0 bridgehead atoms. The van der Waals surface area contributed by atoms with E-state index in [1.807, 2.05) is 31.2 Å². The largest absolute Gasteiger partial charge is 0.336 e. The SMILES string of the molecule is Cc1cc(F)cc(-c2nccc3[nH]c(-c4n[nH]c5cnc(-c6cncc(CN7CCC(F)(F)C7)c6)cc45)nc23)c1. The van der Waals surface area contributed by atoms with Gasteiger partial charge in [0.05, 0.1) is 35.2 Å². The molecule has 1 fully saturated rings. The van der Waals surface area contributed by atoms with Gasteiger partial charge in [-0.1, -0.05) is 0 Å². The number of hydrogen-bond acceptors (Lipinski definition) is 6. The van der Waals surface area contributed by atoms with Gasteiger partial charge in [-0.2, -0.15) is 5.10 Å². The average Bonchev–Trinajstić information content (AvgIpc) is 3.63. The summed E-state index contributed by atoms with van der Waals surface area (Å²) in [6, 6.07) is 10.4. The van der Waals surface area contributed by atoms with E-state index in [2.05, 4.69) is 30.1 Å². The lowest BCUT2D eigenvalue weighted by Gasteiger charge is -2.15. The minimum absolute atomic E-state index is 0.122. The second-order valence-corrected chi connectivity index (χ2v) is 10.2. The van der Waals surface area contributed by atoms with Crippen LogP contribution in [-0.4, -0.2) is 59.0 Å². The first-order valence-electron chi connectivity index (χ1n) is 12.8. The molecule has 0 spiro atoms. The van der Waals surface area contributed by atoms with Crippen LogP contribution in [0.25, 0.3) is 56.0 Å². The van der Waals surface area contributed by atoms with Crippen molar-refractivity contribution in [2.45, 2.75) is 25.8 Å². The summed E-state index contributed by atoms with van der Waals surface area (Å²) in [5.41, 5.74) is 6.97. The van der Waals surface area contributed by atoms with E-state index in [0.717, 1.165) is 33.1 Å². The zero-order valence-electron chi connectivity index (χ0n) is 21.4. The molecule has 1 aliphatic rings. The Morgan fingerprint density at radius 3 is 2.70 bits per heavy atom. The molecule has 1 aliphatic heterocycles. The zero-order chi connectivity index (χ0) is 27.4. The normalized spacial score (nSPS) is 15.4. The van der Waals surface area contributed by atoms with Gasteiger partial charge in [0.2, 0.25) is 0 Å². The van der Waals surface area contributed by atoms with Gasteiger partial charge in [-0.05, 0) is 54.4 Å². The Hall–Kier alpha value is -4.64. The van der Waals surface area contributed by atoms with Crippen LogP contribution in [0.1, 0.15) is 17.5 Å². The van der Waals surface area contributed by atoms with Gasteiger partial charge in [-0.15, -0.1) is 0 Å². The second-order valence-electron chi connectivity index (χ2n) is 10.2. The van der Waals surface area contributed by atoms with Crippen molar-refractivity contribution in [1.29, 1.82) is 0 Å². The highest BCUT2D eigenvalue weighted by Crippen LogP contribution is 2.33. The Kier molecular flexibility index (Phi) is 5.63. The van der Waals surface area contributed by atoms with E-state index >= 15 is 0 Å². The number of aryl methyl sites for hydroxylation is 1. The summed E-state index contributed by atoms with van der Waals surface area (Å²) in [5.74, 6) is -2.44. The summed E-state index contributed by atoms with van der Waals surface area (Å²) in [7, 11) is 0. The minimum atomic E-state index is -2.64. The summed E-state index contributed by atoms with van der Waals surface area (Å²) < 4.78 is 41.4. The highest BCUT2D eigenvalue weighted by molar-refractivity contribution is 5.96. The molecular formula is C29H23F3N8. The number of pyridine rings is 3. The van der Waals surface area contributed by atoms with Gasteiger partial charge < -0.3 is 4.98 Å². The number of benzene rings is 1. The van der Waals surface area contributed by atoms with Gasteiger partial charge >= 0.3 is 0 Å². The molecule has 5 aromatic heterocycles. The fraction of sp³-hybridized carbons (Fsp3) is 0.207. The van der Waals surface area contributed by atoms with Gasteiger partial charge in [0, 0.05) is 54.6 Å². The van der Waals surface area contributed by atoms with Crippen LogP contribution in [-0.2, 0) is 6.54 Å². The van der Waals surface area contributed by atoms with Gasteiger partial charge in [0.25, 0.3) is 5.92 Å². The first-order valence-corrected chi connectivity index (χ1v) is 12.8. The number of aromatic nitrogens is 7. The standard InChI is InChI=1S/C29H23F3N8/c1-16-6-18(9-20(30)7-16)25-27-22(2-4-34-25)36-28(37-27)26-21-10-23(35-13-24(21)38-39-26)19-8-17(11-33-12-19)14-40-5-3-29(31,32)15-40/h2,4,6-13H,3,5,14-15H2,1H3,(H,36,37)(H,38,39). The van der Waals surface area contributed by atoms with E-state index in [1.165, 1.54) is 12.1 Å². The third-order valence-corrected chi connectivity index (χ3v) is 7.13. The predicted octanol–water partition coefficient (Wildman–Crippen LogP) is 5.91. The third kappa shape index (κ3) is 4.47. The summed E-state index contributed by atoms with van der Waals surface area (Å²) in [5, 5.41) is 8.30. The number of H-pyrrole nitrogens is 2. The Morgan fingerprint density at radius 1 is 0.975 bits per heavy atom. The molecule has 200 valence electrons. The Morgan fingerprint density at radius 2 is 1.88 bits per heavy atom. The molecule has 1 saturated heterocycles. The highest BCUT2D eigenvalue weighted by Gasteiger charge is 2.37. The number of rotatable bonds is 5. The molecule has 1 aromatic carbocycles. The van der Waals surface area contributed by atoms with Gasteiger partial charge in [-0.25, -0.2) is 18.2 Å². The number of likely N-dealkylation sites (tertiary alicyclic amines) is 1. The van der Waals surface area contributed by atoms with Crippen LogP contribution >= 0.6 is 0 Å². The molecule has 0 unspecified atom stereocenters. The van der Waals surface area contributed by atoms with Crippen LogP contribution < -0.4 is 0 Å². The van der Waals surface area contributed by atoms with Crippen LogP contribution in [0, 0.1) is 12.7 Å². The third-order valence-electron chi connectivity index (χ3n) is 7.13. The van der Waals surface area contributed by atoms with E-state index in [1.54, 1.807) is 29.7 Å². The number of halogens is 3. The lowest BCUT2D eigenvalue weighted by Crippen LogP contribution is -2.24. The molecule has 0 radical (unpaired) electrons. The molecule has 6 aromatic rings. The number of imidazole rings is 1. The maximum atomic E-state index is 14.1. The van der Waals surface area contributed by atoms with Crippen molar-refractivity contribution in [2.75, 3.05) is 13.1 Å². The van der Waals surface area contributed by atoms with Crippen LogP contribution in [0.15, 0.2) is 61.2 Å². The van der Waals surface area contributed by atoms with E-state index in [-0.39, 0.29) is 18.8 Å². The number of fused-ring (bicyclic) bond motifs is 2. The van der Waals surface area contributed by atoms with Gasteiger partial charge in [0.15, 0.2) is 5.82 Å². The van der Waals surface area contributed by atoms with Gasteiger partial charge in [0.1, 0.15) is 17.0 Å². The number of nitrogens with one attached hydrogen (secondary N) is 2. The Bertz CT molecular complexity index is 1870. The molecule has 2 N–H and O–H groups in total. The zero-order valence-corrected chi connectivity index (χ0v) is 21.4. The van der Waals surface area contributed by atoms with E-state index < -0.39 is 5.92 Å². The Labute approximate surface area is 226 Å². The van der Waals surface area contributed by atoms with Gasteiger partial charge in [-0.3, -0.25) is 25.0 Å². The molecule has 7 rings (SSSR count). The molecule has 0 atom stereocenters. The van der Waals surface area contributed by atoms with E-state index in [9.17, 15) is 13.2 Å². The topological polar surface area (TPSA) is 99.3 Å². The number of hydrogen-bond donors (Lipinski definition) is 2. The maximum absolute atomic E-state index is 14.1. The molecule has 11 heteroatoms. The number of nitrogens with zero attached hydrogens (tertiary/aromatic N) is 6. The molecule has 0 amide bonds. The van der Waals surface area contributed by atoms with Crippen molar-refractivity contribution < 1.29 is 13.2 Å². The Balaban J connectivity index is 1.25. The van der Waals surface area contributed by atoms with E-state index in [4.69, 9.17) is 4.98 Å². The maximum Gasteiger partial charge on any atom is 0.261 e. The first-order chi connectivity index (χ1) is 19.3. The molecule has 8 nitrogen and oxygen atoms in total. The summed E-state index contributed by atoms with van der Waals surface area (Å²) in [6.45, 7) is 2.34. The monoisotopic (exact) mass is 540 g/mol. The lowest BCUT2D eigenvalue weighted by molar-refractivity contribution is 0.0115. The predicted molar refractivity (Wildman–Crippen MR) is 145 cm³/mol. The smallest absolute Gasteiger partial charge is 0.261 e. The van der Waals surface area contributed by atoms with Crippen molar-refractivity contribution in [1.82, 2.24) is 40.0 Å². The lowest BCUT2D eigenvalue weighted by atomic mass is 10.1. The number of alkyl halides is 2.